The number of thioether (sulfide) groups is 1. The molecule has 9 heteroatoms. The standard InChI is InChI=1S/C28H24F5NO2S/c29-20-8-11-26(25(30)13-20)37-16-17-4-6-18(7-5-17)27(35)34-21-9-10-22(34)15-24(14-21)36-23-3-1-2-19(12-23)28(31,32)33/h1-8,11-13,21-22,24H,9-10,14-16H2. The van der Waals surface area contributed by atoms with Crippen LogP contribution in [0.4, 0.5) is 22.0 Å². The molecule has 2 aliphatic heterocycles. The topological polar surface area (TPSA) is 29.5 Å². The monoisotopic (exact) mass is 533 g/mol. The fourth-order valence-electron chi connectivity index (χ4n) is 5.14. The second kappa shape index (κ2) is 10.4. The first-order valence-corrected chi connectivity index (χ1v) is 13.0. The number of carbonyl (C=O) groups excluding carboxylic acids is 1. The van der Waals surface area contributed by atoms with E-state index >= 15 is 0 Å². The fraction of sp³-hybridized carbons (Fsp3) is 0.321. The van der Waals surface area contributed by atoms with E-state index in [-0.39, 0.29) is 29.8 Å². The van der Waals surface area contributed by atoms with E-state index in [0.29, 0.717) is 29.1 Å². The summed E-state index contributed by atoms with van der Waals surface area (Å²) < 4.78 is 71.9. The molecule has 3 aromatic rings. The Morgan fingerprint density at radius 1 is 0.946 bits per heavy atom. The maximum absolute atomic E-state index is 13.9. The van der Waals surface area contributed by atoms with Gasteiger partial charge in [0.1, 0.15) is 23.5 Å². The Labute approximate surface area is 215 Å². The maximum atomic E-state index is 13.9. The maximum Gasteiger partial charge on any atom is 0.416 e. The zero-order valence-corrected chi connectivity index (χ0v) is 20.5. The second-order valence-corrected chi connectivity index (χ2v) is 10.4. The Kier molecular flexibility index (Phi) is 7.16. The molecule has 0 aliphatic carbocycles. The lowest BCUT2D eigenvalue weighted by molar-refractivity contribution is -0.137. The zero-order valence-electron chi connectivity index (χ0n) is 19.7. The Hall–Kier alpha value is -3.07. The van der Waals surface area contributed by atoms with Gasteiger partial charge in [0.2, 0.25) is 0 Å². The van der Waals surface area contributed by atoms with Crippen molar-refractivity contribution >= 4 is 17.7 Å². The van der Waals surface area contributed by atoms with Crippen LogP contribution in [0.25, 0.3) is 0 Å². The highest BCUT2D eigenvalue weighted by atomic mass is 32.2. The van der Waals surface area contributed by atoms with E-state index in [4.69, 9.17) is 4.74 Å². The lowest BCUT2D eigenvalue weighted by Crippen LogP contribution is -2.49. The summed E-state index contributed by atoms with van der Waals surface area (Å²) in [6.07, 6.45) is -1.89. The predicted molar refractivity (Wildman–Crippen MR) is 130 cm³/mol. The highest BCUT2D eigenvalue weighted by Gasteiger charge is 2.44. The summed E-state index contributed by atoms with van der Waals surface area (Å²) in [5.74, 6) is -0.639. The average Bonchev–Trinajstić information content (AvgIpc) is 3.13. The highest BCUT2D eigenvalue weighted by molar-refractivity contribution is 7.98. The van der Waals surface area contributed by atoms with Gasteiger partial charge in [0.15, 0.2) is 0 Å². The van der Waals surface area contributed by atoms with Gasteiger partial charge in [0.05, 0.1) is 5.56 Å². The van der Waals surface area contributed by atoms with Crippen LogP contribution in [0, 0.1) is 11.6 Å². The number of alkyl halides is 3. The molecule has 0 N–H and O–H groups in total. The minimum absolute atomic E-state index is 0.0290. The number of amides is 1. The molecule has 2 atom stereocenters. The van der Waals surface area contributed by atoms with Gasteiger partial charge in [-0.25, -0.2) is 8.78 Å². The van der Waals surface area contributed by atoms with Crippen LogP contribution in [0.3, 0.4) is 0 Å². The number of nitrogens with zero attached hydrogens (tertiary/aromatic N) is 1. The van der Waals surface area contributed by atoms with Crippen LogP contribution in [0.2, 0.25) is 0 Å². The summed E-state index contributed by atoms with van der Waals surface area (Å²) in [4.78, 5) is 15.6. The molecule has 2 unspecified atom stereocenters. The van der Waals surface area contributed by atoms with Crippen LogP contribution < -0.4 is 4.74 Å². The van der Waals surface area contributed by atoms with Gasteiger partial charge in [-0.15, -0.1) is 11.8 Å². The molecular formula is C28H24F5NO2S. The first kappa shape index (κ1) is 25.6. The number of ether oxygens (including phenoxy) is 1. The minimum Gasteiger partial charge on any atom is -0.490 e. The number of rotatable bonds is 6. The first-order chi connectivity index (χ1) is 17.7. The molecule has 0 radical (unpaired) electrons. The number of fused-ring (bicyclic) bond motifs is 2. The van der Waals surface area contributed by atoms with Gasteiger partial charge in [0.25, 0.3) is 5.91 Å². The van der Waals surface area contributed by atoms with Crippen molar-refractivity contribution in [1.82, 2.24) is 4.90 Å². The SMILES string of the molecule is O=C(c1ccc(CSc2ccc(F)cc2F)cc1)N1C2CCC1CC(Oc1cccc(C(F)(F)F)c1)C2. The van der Waals surface area contributed by atoms with Gasteiger partial charge in [-0.05, 0) is 60.9 Å². The van der Waals surface area contributed by atoms with Crippen molar-refractivity contribution in [3.8, 4) is 5.75 Å². The molecule has 2 heterocycles. The third kappa shape index (κ3) is 5.76. The van der Waals surface area contributed by atoms with Crippen LogP contribution in [0.1, 0.15) is 47.2 Å². The van der Waals surface area contributed by atoms with Crippen LogP contribution in [0.5, 0.6) is 5.75 Å². The van der Waals surface area contributed by atoms with Gasteiger partial charge in [-0.2, -0.15) is 13.2 Å². The quantitative estimate of drug-likeness (QED) is 0.243. The normalized spacial score (nSPS) is 21.2. The summed E-state index contributed by atoms with van der Waals surface area (Å²) in [7, 11) is 0. The third-order valence-corrected chi connectivity index (χ3v) is 8.00. The van der Waals surface area contributed by atoms with Crippen molar-refractivity contribution in [3.05, 3.63) is 95.1 Å². The number of piperidine rings is 1. The van der Waals surface area contributed by atoms with Gasteiger partial charge in [-0.1, -0.05) is 18.2 Å². The number of hydrogen-bond donors (Lipinski definition) is 0. The molecule has 2 fully saturated rings. The van der Waals surface area contributed by atoms with Crippen molar-refractivity contribution < 1.29 is 31.5 Å². The molecular weight excluding hydrogens is 509 g/mol. The lowest BCUT2D eigenvalue weighted by Gasteiger charge is -2.39. The zero-order chi connectivity index (χ0) is 26.2. The van der Waals surface area contributed by atoms with E-state index in [9.17, 15) is 26.7 Å². The molecule has 3 nitrogen and oxygen atoms in total. The summed E-state index contributed by atoms with van der Waals surface area (Å²) in [6.45, 7) is 0. The number of benzene rings is 3. The largest absolute Gasteiger partial charge is 0.490 e. The smallest absolute Gasteiger partial charge is 0.416 e. The molecule has 194 valence electrons. The van der Waals surface area contributed by atoms with Crippen molar-refractivity contribution in [2.24, 2.45) is 0 Å². The van der Waals surface area contributed by atoms with E-state index in [2.05, 4.69) is 0 Å². The van der Waals surface area contributed by atoms with Crippen LogP contribution >= 0.6 is 11.8 Å². The van der Waals surface area contributed by atoms with Crippen LogP contribution in [0.15, 0.2) is 71.6 Å². The van der Waals surface area contributed by atoms with Gasteiger partial charge in [-0.3, -0.25) is 4.79 Å². The molecule has 2 aliphatic rings. The van der Waals surface area contributed by atoms with E-state index in [0.717, 1.165) is 36.6 Å². The predicted octanol–water partition coefficient (Wildman–Crippen LogP) is 7.49. The molecule has 37 heavy (non-hydrogen) atoms. The van der Waals surface area contributed by atoms with E-state index in [1.807, 2.05) is 17.0 Å². The lowest BCUT2D eigenvalue weighted by atomic mass is 9.98. The summed E-state index contributed by atoms with van der Waals surface area (Å²) >= 11 is 1.25. The third-order valence-electron chi connectivity index (χ3n) is 6.88. The average molecular weight is 534 g/mol. The number of halogens is 5. The number of carbonyl (C=O) groups is 1. The second-order valence-electron chi connectivity index (χ2n) is 9.39. The highest BCUT2D eigenvalue weighted by Crippen LogP contribution is 2.39. The van der Waals surface area contributed by atoms with E-state index in [1.165, 1.54) is 36.0 Å². The first-order valence-electron chi connectivity index (χ1n) is 12.0. The van der Waals surface area contributed by atoms with Crippen molar-refractivity contribution in [2.75, 3.05) is 0 Å². The fourth-order valence-corrected chi connectivity index (χ4v) is 6.01. The van der Waals surface area contributed by atoms with Crippen molar-refractivity contribution in [2.45, 2.75) is 60.7 Å². The molecule has 0 saturated carbocycles. The minimum atomic E-state index is -4.43. The Bertz CT molecular complexity index is 1270. The van der Waals surface area contributed by atoms with Crippen molar-refractivity contribution in [3.63, 3.8) is 0 Å². The van der Waals surface area contributed by atoms with Gasteiger partial charge in [0, 0.05) is 47.2 Å². The van der Waals surface area contributed by atoms with Gasteiger partial charge < -0.3 is 9.64 Å². The Morgan fingerprint density at radius 2 is 1.65 bits per heavy atom. The molecule has 0 spiro atoms. The van der Waals surface area contributed by atoms with E-state index in [1.54, 1.807) is 12.1 Å². The van der Waals surface area contributed by atoms with Crippen molar-refractivity contribution in [1.29, 1.82) is 0 Å². The van der Waals surface area contributed by atoms with Crippen LogP contribution in [-0.4, -0.2) is 29.0 Å². The van der Waals surface area contributed by atoms with Crippen LogP contribution in [-0.2, 0) is 11.9 Å². The molecule has 0 aromatic heterocycles. The molecule has 5 rings (SSSR count). The van der Waals surface area contributed by atoms with E-state index < -0.39 is 23.4 Å². The van der Waals surface area contributed by atoms with Gasteiger partial charge >= 0.3 is 6.18 Å². The summed E-state index contributed by atoms with van der Waals surface area (Å²) in [5.41, 5.74) is 0.711. The molecule has 2 saturated heterocycles. The molecule has 1 amide bonds. The number of hydrogen-bond acceptors (Lipinski definition) is 3. The Morgan fingerprint density at radius 3 is 2.30 bits per heavy atom. The Balaban J connectivity index is 1.20. The molecule has 3 aromatic carbocycles. The summed E-state index contributed by atoms with van der Waals surface area (Å²) in [5, 5.41) is 0. The molecule has 2 bridgehead atoms. The summed E-state index contributed by atoms with van der Waals surface area (Å²) in [6, 6.07) is 15.5.